The van der Waals surface area contributed by atoms with Gasteiger partial charge in [-0.2, -0.15) is 0 Å². The van der Waals surface area contributed by atoms with Gasteiger partial charge in [0.05, 0.1) is 5.54 Å². The lowest BCUT2D eigenvalue weighted by Gasteiger charge is -2.49. The molecule has 5 atom stereocenters. The molecule has 0 saturated heterocycles. The minimum absolute atomic E-state index is 0.105. The fraction of sp³-hybridized carbons (Fsp3) is 0.652. The number of hydrogen-bond donors (Lipinski definition) is 3. The summed E-state index contributed by atoms with van der Waals surface area (Å²) in [4.78, 5) is 22.3. The molecule has 2 saturated carbocycles. The van der Waals surface area contributed by atoms with E-state index in [1.54, 1.807) is 13.8 Å². The zero-order valence-electron chi connectivity index (χ0n) is 19.3. The Morgan fingerprint density at radius 2 is 1.81 bits per heavy atom. The predicted molar refractivity (Wildman–Crippen MR) is 120 cm³/mol. The number of rotatable bonds is 6. The second-order valence-electron chi connectivity index (χ2n) is 9.97. The van der Waals surface area contributed by atoms with Crippen LogP contribution in [0.5, 0.6) is 0 Å². The molecule has 1 aromatic rings. The first kappa shape index (κ1) is 26.7. The van der Waals surface area contributed by atoms with Crippen molar-refractivity contribution in [2.45, 2.75) is 69.9 Å². The molecule has 5 unspecified atom stereocenters. The Kier molecular flexibility index (Phi) is 8.81. The van der Waals surface area contributed by atoms with Gasteiger partial charge in [0.1, 0.15) is 6.29 Å². The van der Waals surface area contributed by atoms with Crippen LogP contribution in [0.15, 0.2) is 17.0 Å². The lowest BCUT2D eigenvalue weighted by atomic mass is 9.57. The molecule has 1 aromatic carbocycles. The van der Waals surface area contributed by atoms with Crippen molar-refractivity contribution in [1.82, 2.24) is 10.0 Å². The Bertz CT molecular complexity index is 814. The number of hydrogen-bond acceptors (Lipinski definition) is 5. The van der Waals surface area contributed by atoms with Gasteiger partial charge in [-0.3, -0.25) is 4.79 Å². The minimum Gasteiger partial charge on any atom is -0.369 e. The predicted octanol–water partition coefficient (Wildman–Crippen LogP) is 4.20. The molecule has 0 aliphatic heterocycles. The van der Waals surface area contributed by atoms with Gasteiger partial charge in [0.15, 0.2) is 17.5 Å². The Hall–Kier alpha value is -1.58. The van der Waals surface area contributed by atoms with E-state index in [1.165, 1.54) is 12.8 Å². The number of carbonyl (C=O) groups excluding carboxylic acids is 2. The third kappa shape index (κ3) is 6.48. The van der Waals surface area contributed by atoms with Crippen molar-refractivity contribution in [3.8, 4) is 0 Å². The van der Waals surface area contributed by atoms with Gasteiger partial charge in [-0.15, -0.1) is 0 Å². The highest BCUT2D eigenvalue weighted by atomic mass is 32.2. The molecule has 4 N–H and O–H groups in total. The van der Waals surface area contributed by atoms with Crippen LogP contribution >= 0.6 is 11.9 Å². The van der Waals surface area contributed by atoms with Crippen LogP contribution in [-0.4, -0.2) is 30.8 Å². The Morgan fingerprint density at radius 1 is 1.22 bits per heavy atom. The molecule has 9 heteroatoms. The van der Waals surface area contributed by atoms with Crippen LogP contribution in [0, 0.1) is 40.6 Å². The summed E-state index contributed by atoms with van der Waals surface area (Å²) in [5.41, 5.74) is 4.48. The third-order valence-corrected chi connectivity index (χ3v) is 7.63. The third-order valence-electron chi connectivity index (χ3n) is 6.53. The van der Waals surface area contributed by atoms with E-state index < -0.39 is 23.0 Å². The van der Waals surface area contributed by atoms with Gasteiger partial charge in [0.25, 0.3) is 0 Å². The van der Waals surface area contributed by atoms with E-state index in [4.69, 9.17) is 5.73 Å². The van der Waals surface area contributed by atoms with Gasteiger partial charge in [0, 0.05) is 16.4 Å². The maximum absolute atomic E-state index is 12.8. The molecule has 1 amide bonds. The molecule has 0 aromatic heterocycles. The number of benzene rings is 1. The molecule has 5 nitrogen and oxygen atoms in total. The molecular weight excluding hydrogens is 439 g/mol. The smallest absolute Gasteiger partial charge is 0.223 e. The molecule has 32 heavy (non-hydrogen) atoms. The molecule has 0 heterocycles. The molecule has 2 bridgehead atoms. The zero-order valence-corrected chi connectivity index (χ0v) is 20.1. The SMILES string of the molecule is CC(C)(C=O)NSc1cc(F)c(F)c(F)c1.CNC1C(C)CC2CC1CC(C)(C(N)=O)C2. The van der Waals surface area contributed by atoms with E-state index in [-0.39, 0.29) is 16.2 Å². The van der Waals surface area contributed by atoms with Gasteiger partial charge in [0.2, 0.25) is 5.91 Å². The summed E-state index contributed by atoms with van der Waals surface area (Å²) in [6, 6.07) is 2.28. The van der Waals surface area contributed by atoms with E-state index in [0.717, 1.165) is 42.8 Å². The highest BCUT2D eigenvalue weighted by Crippen LogP contribution is 2.50. The first-order valence-electron chi connectivity index (χ1n) is 10.8. The van der Waals surface area contributed by atoms with Crippen LogP contribution in [0.1, 0.15) is 53.4 Å². The first-order valence-corrected chi connectivity index (χ1v) is 11.7. The summed E-state index contributed by atoms with van der Waals surface area (Å²) in [5.74, 6) is -2.06. The van der Waals surface area contributed by atoms with Crippen LogP contribution in [0.25, 0.3) is 0 Å². The number of nitrogens with two attached hydrogens (primary N) is 1. The highest BCUT2D eigenvalue weighted by Gasteiger charge is 2.47. The number of primary amides is 1. The molecule has 3 rings (SSSR count). The maximum atomic E-state index is 12.8. The van der Waals surface area contributed by atoms with Crippen molar-refractivity contribution < 1.29 is 22.8 Å². The lowest BCUT2D eigenvalue weighted by Crippen LogP contribution is -2.52. The number of amides is 1. The average Bonchev–Trinajstić information content (AvgIpc) is 2.70. The van der Waals surface area contributed by atoms with E-state index in [2.05, 4.69) is 23.9 Å². The molecule has 2 fully saturated rings. The second kappa shape index (κ2) is 10.6. The lowest BCUT2D eigenvalue weighted by molar-refractivity contribution is -0.132. The summed E-state index contributed by atoms with van der Waals surface area (Å²) in [6.07, 6.45) is 5.15. The van der Waals surface area contributed by atoms with Gasteiger partial charge in [-0.25, -0.2) is 17.9 Å². The van der Waals surface area contributed by atoms with Crippen LogP contribution in [0.2, 0.25) is 0 Å². The van der Waals surface area contributed by atoms with Crippen LogP contribution in [-0.2, 0) is 9.59 Å². The van der Waals surface area contributed by atoms with Gasteiger partial charge in [-0.05, 0) is 88.4 Å². The quantitative estimate of drug-likeness (QED) is 0.328. The first-order chi connectivity index (χ1) is 14.8. The fourth-order valence-electron chi connectivity index (χ4n) is 5.01. The normalized spacial score (nSPS) is 29.6. The van der Waals surface area contributed by atoms with Crippen LogP contribution in [0.4, 0.5) is 13.2 Å². The summed E-state index contributed by atoms with van der Waals surface area (Å²) >= 11 is 0.861. The fourth-order valence-corrected chi connectivity index (χ4v) is 5.77. The van der Waals surface area contributed by atoms with E-state index in [9.17, 15) is 22.8 Å². The number of fused-ring (bicyclic) bond motifs is 2. The van der Waals surface area contributed by atoms with Crippen molar-refractivity contribution in [1.29, 1.82) is 0 Å². The topological polar surface area (TPSA) is 84.2 Å². The molecule has 2 aliphatic carbocycles. The molecular formula is C23H34F3N3O2S. The average molecular weight is 474 g/mol. The summed E-state index contributed by atoms with van der Waals surface area (Å²) in [6.45, 7) is 7.58. The molecule has 2 aliphatic rings. The van der Waals surface area contributed by atoms with Crippen molar-refractivity contribution in [2.75, 3.05) is 7.05 Å². The number of nitrogens with one attached hydrogen (secondary N) is 2. The molecule has 0 radical (unpaired) electrons. The summed E-state index contributed by atoms with van der Waals surface area (Å²) in [5, 5.41) is 3.43. The zero-order chi connectivity index (χ0) is 24.3. The van der Waals surface area contributed by atoms with Crippen LogP contribution in [0.3, 0.4) is 0 Å². The van der Waals surface area contributed by atoms with Crippen molar-refractivity contribution in [3.63, 3.8) is 0 Å². The maximum Gasteiger partial charge on any atom is 0.223 e. The van der Waals surface area contributed by atoms with Crippen molar-refractivity contribution in [3.05, 3.63) is 29.6 Å². The van der Waals surface area contributed by atoms with Crippen molar-refractivity contribution >= 4 is 24.1 Å². The van der Waals surface area contributed by atoms with Crippen molar-refractivity contribution in [2.24, 2.45) is 28.9 Å². The number of carbonyl (C=O) groups is 2. The Labute approximate surface area is 192 Å². The van der Waals surface area contributed by atoms with Gasteiger partial charge >= 0.3 is 0 Å². The number of halogens is 3. The summed E-state index contributed by atoms with van der Waals surface area (Å²) < 4.78 is 40.9. The molecule has 0 spiro atoms. The second-order valence-corrected chi connectivity index (χ2v) is 10.8. The van der Waals surface area contributed by atoms with Gasteiger partial charge in [-0.1, -0.05) is 13.8 Å². The standard InChI is InChI=1S/C13H24N2O.C10H10F3NOS/c1-8-4-9-5-10(11(8)15-3)7-13(2,6-9)12(14)16;1-10(2,5-15)14-16-6-3-7(11)9(13)8(12)4-6/h8-11,15H,4-7H2,1-3H3,(H2,14,16);3-5,14H,1-2H3. The highest BCUT2D eigenvalue weighted by molar-refractivity contribution is 7.97. The number of aldehydes is 1. The van der Waals surface area contributed by atoms with Gasteiger partial charge < -0.3 is 15.8 Å². The summed E-state index contributed by atoms with van der Waals surface area (Å²) in [7, 11) is 2.04. The minimum atomic E-state index is -1.50. The Balaban J connectivity index is 0.000000227. The van der Waals surface area contributed by atoms with E-state index in [1.807, 2.05) is 7.05 Å². The van der Waals surface area contributed by atoms with E-state index >= 15 is 0 Å². The van der Waals surface area contributed by atoms with Crippen LogP contribution < -0.4 is 15.8 Å². The monoisotopic (exact) mass is 473 g/mol. The molecule has 180 valence electrons. The Morgan fingerprint density at radius 3 is 2.31 bits per heavy atom. The van der Waals surface area contributed by atoms with E-state index in [0.29, 0.717) is 24.2 Å². The largest absolute Gasteiger partial charge is 0.369 e.